The second-order valence-electron chi connectivity index (χ2n) is 3.21. The number of carbonyl (C=O) groups is 1. The standard InChI is InChI=1S/C12H16O4/c1-3-15-10-6-5-9(11(13)8-10)7-12(14)16-4-2/h5-6,8,13H,3-4,7H2,1-2H3. The summed E-state index contributed by atoms with van der Waals surface area (Å²) < 4.78 is 10.0. The maximum atomic E-state index is 11.2. The first-order valence-electron chi connectivity index (χ1n) is 5.27. The molecule has 0 amide bonds. The van der Waals surface area contributed by atoms with Gasteiger partial charge >= 0.3 is 5.97 Å². The molecular weight excluding hydrogens is 208 g/mol. The smallest absolute Gasteiger partial charge is 0.310 e. The zero-order chi connectivity index (χ0) is 12.0. The molecule has 0 unspecified atom stereocenters. The van der Waals surface area contributed by atoms with Crippen molar-refractivity contribution in [3.8, 4) is 11.5 Å². The molecule has 16 heavy (non-hydrogen) atoms. The normalized spacial score (nSPS) is 9.88. The number of phenols is 1. The van der Waals surface area contributed by atoms with Crippen LogP contribution in [0.3, 0.4) is 0 Å². The highest BCUT2D eigenvalue weighted by Crippen LogP contribution is 2.24. The van der Waals surface area contributed by atoms with Crippen molar-refractivity contribution in [3.05, 3.63) is 23.8 Å². The Hall–Kier alpha value is -1.71. The molecule has 0 spiro atoms. The number of ether oxygens (including phenoxy) is 2. The van der Waals surface area contributed by atoms with Gasteiger partial charge < -0.3 is 14.6 Å². The number of esters is 1. The van der Waals surface area contributed by atoms with Crippen molar-refractivity contribution < 1.29 is 19.4 Å². The number of rotatable bonds is 5. The maximum Gasteiger partial charge on any atom is 0.310 e. The van der Waals surface area contributed by atoms with Crippen molar-refractivity contribution in [2.45, 2.75) is 20.3 Å². The third-order valence-electron chi connectivity index (χ3n) is 2.01. The van der Waals surface area contributed by atoms with Crippen LogP contribution in [0, 0.1) is 0 Å². The molecule has 0 radical (unpaired) electrons. The van der Waals surface area contributed by atoms with Gasteiger partial charge in [-0.1, -0.05) is 6.07 Å². The van der Waals surface area contributed by atoms with E-state index in [0.29, 0.717) is 24.5 Å². The summed E-state index contributed by atoms with van der Waals surface area (Å²) in [5.41, 5.74) is 0.543. The molecule has 4 heteroatoms. The Morgan fingerprint density at radius 2 is 2.06 bits per heavy atom. The second-order valence-corrected chi connectivity index (χ2v) is 3.21. The molecule has 1 aromatic carbocycles. The summed E-state index contributed by atoms with van der Waals surface area (Å²) in [6, 6.07) is 4.88. The van der Waals surface area contributed by atoms with E-state index >= 15 is 0 Å². The van der Waals surface area contributed by atoms with Gasteiger partial charge in [0, 0.05) is 11.6 Å². The minimum absolute atomic E-state index is 0.0546. The van der Waals surface area contributed by atoms with E-state index in [4.69, 9.17) is 9.47 Å². The number of benzene rings is 1. The number of aromatic hydroxyl groups is 1. The first kappa shape index (κ1) is 12.4. The number of carbonyl (C=O) groups excluding carboxylic acids is 1. The lowest BCUT2D eigenvalue weighted by atomic mass is 10.1. The van der Waals surface area contributed by atoms with Gasteiger partial charge in [0.05, 0.1) is 19.6 Å². The Labute approximate surface area is 94.8 Å². The molecule has 4 nitrogen and oxygen atoms in total. The summed E-state index contributed by atoms with van der Waals surface area (Å²) >= 11 is 0. The van der Waals surface area contributed by atoms with Crippen molar-refractivity contribution in [2.24, 2.45) is 0 Å². The van der Waals surface area contributed by atoms with Gasteiger partial charge in [0.15, 0.2) is 0 Å². The zero-order valence-electron chi connectivity index (χ0n) is 9.53. The zero-order valence-corrected chi connectivity index (χ0v) is 9.53. The molecule has 0 saturated heterocycles. The monoisotopic (exact) mass is 224 g/mol. The van der Waals surface area contributed by atoms with E-state index < -0.39 is 0 Å². The van der Waals surface area contributed by atoms with Crippen LogP contribution in [0.25, 0.3) is 0 Å². The van der Waals surface area contributed by atoms with Gasteiger partial charge in [-0.2, -0.15) is 0 Å². The summed E-state index contributed by atoms with van der Waals surface area (Å²) in [6.45, 7) is 4.49. The molecule has 0 atom stereocenters. The minimum Gasteiger partial charge on any atom is -0.508 e. The molecule has 0 saturated carbocycles. The van der Waals surface area contributed by atoms with Gasteiger partial charge in [0.1, 0.15) is 11.5 Å². The van der Waals surface area contributed by atoms with E-state index in [-0.39, 0.29) is 18.1 Å². The predicted octanol–water partition coefficient (Wildman–Crippen LogP) is 1.90. The Kier molecular flexibility index (Phi) is 4.64. The highest BCUT2D eigenvalue weighted by molar-refractivity contribution is 5.73. The van der Waals surface area contributed by atoms with Crippen LogP contribution < -0.4 is 4.74 Å². The predicted molar refractivity (Wildman–Crippen MR) is 59.6 cm³/mol. The number of phenolic OH excluding ortho intramolecular Hbond substituents is 1. The fourth-order valence-electron chi connectivity index (χ4n) is 1.32. The summed E-state index contributed by atoms with van der Waals surface area (Å²) in [4.78, 5) is 11.2. The van der Waals surface area contributed by atoms with Gasteiger partial charge in [0.25, 0.3) is 0 Å². The third-order valence-corrected chi connectivity index (χ3v) is 2.01. The Morgan fingerprint density at radius 3 is 2.62 bits per heavy atom. The molecule has 0 aliphatic carbocycles. The summed E-state index contributed by atoms with van der Waals surface area (Å²) in [5, 5.41) is 9.65. The number of hydrogen-bond acceptors (Lipinski definition) is 4. The quantitative estimate of drug-likeness (QED) is 0.776. The van der Waals surface area contributed by atoms with E-state index in [1.54, 1.807) is 19.1 Å². The van der Waals surface area contributed by atoms with E-state index in [1.807, 2.05) is 6.92 Å². The molecule has 0 aliphatic heterocycles. The van der Waals surface area contributed by atoms with Crippen LogP contribution in [0.2, 0.25) is 0 Å². The number of hydrogen-bond donors (Lipinski definition) is 1. The van der Waals surface area contributed by atoms with Crippen LogP contribution in [-0.4, -0.2) is 24.3 Å². The Morgan fingerprint density at radius 1 is 1.31 bits per heavy atom. The van der Waals surface area contributed by atoms with Crippen molar-refractivity contribution in [3.63, 3.8) is 0 Å². The summed E-state index contributed by atoms with van der Waals surface area (Å²) in [6.07, 6.45) is 0.0755. The largest absolute Gasteiger partial charge is 0.508 e. The molecule has 0 fully saturated rings. The topological polar surface area (TPSA) is 55.8 Å². The molecule has 88 valence electrons. The second kappa shape index (κ2) is 6.00. The van der Waals surface area contributed by atoms with Crippen LogP contribution >= 0.6 is 0 Å². The first-order chi connectivity index (χ1) is 7.67. The SMILES string of the molecule is CCOC(=O)Cc1ccc(OCC)cc1O. The van der Waals surface area contributed by atoms with Gasteiger partial charge in [-0.15, -0.1) is 0 Å². The molecule has 0 aliphatic rings. The van der Waals surface area contributed by atoms with Gasteiger partial charge in [-0.3, -0.25) is 4.79 Å². The average Bonchev–Trinajstić information content (AvgIpc) is 2.23. The van der Waals surface area contributed by atoms with Crippen molar-refractivity contribution in [1.82, 2.24) is 0 Å². The molecule has 0 bridgehead atoms. The average molecular weight is 224 g/mol. The van der Waals surface area contributed by atoms with Crippen molar-refractivity contribution in [1.29, 1.82) is 0 Å². The van der Waals surface area contributed by atoms with E-state index in [1.165, 1.54) is 6.07 Å². The van der Waals surface area contributed by atoms with Gasteiger partial charge in [-0.25, -0.2) is 0 Å². The van der Waals surface area contributed by atoms with E-state index in [2.05, 4.69) is 0 Å². The lowest BCUT2D eigenvalue weighted by Gasteiger charge is -2.07. The van der Waals surface area contributed by atoms with Gasteiger partial charge in [-0.05, 0) is 19.9 Å². The first-order valence-corrected chi connectivity index (χ1v) is 5.27. The Bertz CT molecular complexity index is 360. The lowest BCUT2D eigenvalue weighted by Crippen LogP contribution is -2.07. The maximum absolute atomic E-state index is 11.2. The summed E-state index contributed by atoms with van der Waals surface area (Å²) in [7, 11) is 0. The fourth-order valence-corrected chi connectivity index (χ4v) is 1.32. The third kappa shape index (κ3) is 3.46. The lowest BCUT2D eigenvalue weighted by molar-refractivity contribution is -0.142. The van der Waals surface area contributed by atoms with Crippen LogP contribution in [0.4, 0.5) is 0 Å². The van der Waals surface area contributed by atoms with Gasteiger partial charge in [0.2, 0.25) is 0 Å². The van der Waals surface area contributed by atoms with Crippen LogP contribution in [0.1, 0.15) is 19.4 Å². The molecule has 0 aromatic heterocycles. The summed E-state index contributed by atoms with van der Waals surface area (Å²) in [5.74, 6) is 0.300. The molecule has 1 aromatic rings. The van der Waals surface area contributed by atoms with Crippen LogP contribution in [0.15, 0.2) is 18.2 Å². The van der Waals surface area contributed by atoms with Crippen LogP contribution in [-0.2, 0) is 16.0 Å². The van der Waals surface area contributed by atoms with Crippen molar-refractivity contribution in [2.75, 3.05) is 13.2 Å². The molecule has 1 rings (SSSR count). The molecule has 0 heterocycles. The minimum atomic E-state index is -0.345. The Balaban J connectivity index is 2.71. The highest BCUT2D eigenvalue weighted by atomic mass is 16.5. The molecular formula is C12H16O4. The van der Waals surface area contributed by atoms with Crippen LogP contribution in [0.5, 0.6) is 11.5 Å². The molecule has 1 N–H and O–H groups in total. The van der Waals surface area contributed by atoms with E-state index in [9.17, 15) is 9.90 Å². The van der Waals surface area contributed by atoms with E-state index in [0.717, 1.165) is 0 Å². The highest BCUT2D eigenvalue weighted by Gasteiger charge is 2.09. The van der Waals surface area contributed by atoms with Crippen molar-refractivity contribution >= 4 is 5.97 Å². The fraction of sp³-hybridized carbons (Fsp3) is 0.417.